The molecule has 0 amide bonds. The van der Waals surface area contributed by atoms with Crippen molar-refractivity contribution in [3.8, 4) is 0 Å². The number of esters is 1. The molecule has 0 aliphatic carbocycles. The molecule has 1 aromatic carbocycles. The lowest BCUT2D eigenvalue weighted by Crippen LogP contribution is -2.59. The van der Waals surface area contributed by atoms with Gasteiger partial charge in [-0.2, -0.15) is 0 Å². The van der Waals surface area contributed by atoms with Crippen LogP contribution in [0.2, 0.25) is 0 Å². The summed E-state index contributed by atoms with van der Waals surface area (Å²) in [4.78, 5) is 12.4. The van der Waals surface area contributed by atoms with Crippen LogP contribution in [0.4, 0.5) is 0 Å². The highest BCUT2D eigenvalue weighted by Gasteiger charge is 2.45. The quantitative estimate of drug-likeness (QED) is 0.557. The Morgan fingerprint density at radius 1 is 1.09 bits per heavy atom. The summed E-state index contributed by atoms with van der Waals surface area (Å²) < 4.78 is 10.3. The Morgan fingerprint density at radius 3 is 2.17 bits per heavy atom. The summed E-state index contributed by atoms with van der Waals surface area (Å²) in [5.74, 6) is -0.704. The molecule has 4 N–H and O–H groups in total. The molecule has 2 rings (SSSR count). The zero-order valence-corrected chi connectivity index (χ0v) is 13.3. The van der Waals surface area contributed by atoms with E-state index >= 15 is 0 Å². The molecule has 1 aliphatic rings. The van der Waals surface area contributed by atoms with Crippen molar-refractivity contribution in [1.29, 1.82) is 0 Å². The first-order valence-corrected chi connectivity index (χ1v) is 7.35. The topological polar surface area (TPSA) is 116 Å². The Hall–Kier alpha value is -1.51. The van der Waals surface area contributed by atoms with Crippen LogP contribution in [0, 0.1) is 20.8 Å². The second-order valence-electron chi connectivity index (χ2n) is 5.88. The monoisotopic (exact) mass is 326 g/mol. The van der Waals surface area contributed by atoms with Crippen molar-refractivity contribution in [3.63, 3.8) is 0 Å². The van der Waals surface area contributed by atoms with Crippen LogP contribution >= 0.6 is 0 Å². The van der Waals surface area contributed by atoms with Gasteiger partial charge in [0.05, 0.1) is 12.2 Å². The van der Waals surface area contributed by atoms with Crippen LogP contribution in [-0.4, -0.2) is 63.7 Å². The molecule has 0 radical (unpaired) electrons. The fourth-order valence-corrected chi connectivity index (χ4v) is 2.83. The smallest absolute Gasteiger partial charge is 0.341 e. The number of aliphatic hydroxyl groups excluding tert-OH is 4. The summed E-state index contributed by atoms with van der Waals surface area (Å²) >= 11 is 0. The van der Waals surface area contributed by atoms with Gasteiger partial charge in [0.15, 0.2) is 0 Å². The first-order valence-electron chi connectivity index (χ1n) is 7.35. The maximum absolute atomic E-state index is 12.4. The molecule has 1 aliphatic heterocycles. The van der Waals surface area contributed by atoms with Crippen LogP contribution in [0.25, 0.3) is 0 Å². The van der Waals surface area contributed by atoms with E-state index < -0.39 is 43.3 Å². The van der Waals surface area contributed by atoms with Gasteiger partial charge in [0.2, 0.25) is 6.29 Å². The molecule has 5 atom stereocenters. The third kappa shape index (κ3) is 3.54. The Morgan fingerprint density at radius 2 is 1.65 bits per heavy atom. The van der Waals surface area contributed by atoms with Gasteiger partial charge in [0.25, 0.3) is 0 Å². The molecule has 1 heterocycles. The molecule has 0 aromatic heterocycles. The van der Waals surface area contributed by atoms with E-state index in [9.17, 15) is 20.1 Å². The van der Waals surface area contributed by atoms with E-state index in [1.54, 1.807) is 13.8 Å². The Labute approximate surface area is 134 Å². The number of benzene rings is 1. The Balaban J connectivity index is 2.20. The maximum atomic E-state index is 12.4. The molecule has 0 spiro atoms. The highest BCUT2D eigenvalue weighted by atomic mass is 16.7. The van der Waals surface area contributed by atoms with Gasteiger partial charge in [-0.15, -0.1) is 0 Å². The molecule has 0 saturated carbocycles. The lowest BCUT2D eigenvalue weighted by molar-refractivity contribution is -0.285. The second kappa shape index (κ2) is 6.94. The molecule has 1 saturated heterocycles. The Bertz CT molecular complexity index is 561. The SMILES string of the molecule is Cc1cc(C)c(C(=O)O[C@H]2O[C@@H](CO)[C@H](O)[C@@H](O)[C@@H]2O)c(C)c1. The minimum absolute atomic E-state index is 0.354. The molecular formula is C16H22O7. The summed E-state index contributed by atoms with van der Waals surface area (Å²) in [6.45, 7) is 4.86. The van der Waals surface area contributed by atoms with Crippen molar-refractivity contribution in [2.75, 3.05) is 6.61 Å². The zero-order valence-electron chi connectivity index (χ0n) is 13.3. The number of aryl methyl sites for hydroxylation is 3. The van der Waals surface area contributed by atoms with E-state index in [0.717, 1.165) is 16.7 Å². The molecule has 7 heteroatoms. The first-order chi connectivity index (χ1) is 10.8. The zero-order chi connectivity index (χ0) is 17.3. The molecule has 0 bridgehead atoms. The average molecular weight is 326 g/mol. The lowest BCUT2D eigenvalue weighted by atomic mass is 9.98. The van der Waals surface area contributed by atoms with Gasteiger partial charge >= 0.3 is 5.97 Å². The van der Waals surface area contributed by atoms with Gasteiger partial charge in [0, 0.05) is 0 Å². The summed E-state index contributed by atoms with van der Waals surface area (Å²) in [5.41, 5.74) is 2.80. The minimum atomic E-state index is -1.61. The van der Waals surface area contributed by atoms with Crippen LogP contribution in [0.15, 0.2) is 12.1 Å². The predicted molar refractivity (Wildman–Crippen MR) is 79.8 cm³/mol. The number of aliphatic hydroxyl groups is 4. The van der Waals surface area contributed by atoms with Crippen molar-refractivity contribution >= 4 is 5.97 Å². The summed E-state index contributed by atoms with van der Waals surface area (Å²) in [6, 6.07) is 3.66. The van der Waals surface area contributed by atoms with Crippen LogP contribution < -0.4 is 0 Å². The van der Waals surface area contributed by atoms with Crippen molar-refractivity contribution in [2.45, 2.75) is 51.5 Å². The normalized spacial score (nSPS) is 31.0. The molecule has 1 aromatic rings. The summed E-state index contributed by atoms with van der Waals surface area (Å²) in [7, 11) is 0. The second-order valence-corrected chi connectivity index (χ2v) is 5.88. The van der Waals surface area contributed by atoms with E-state index in [1.807, 2.05) is 19.1 Å². The molecule has 7 nitrogen and oxygen atoms in total. The minimum Gasteiger partial charge on any atom is -0.429 e. The fraction of sp³-hybridized carbons (Fsp3) is 0.562. The predicted octanol–water partition coefficient (Wildman–Crippen LogP) is -0.431. The average Bonchev–Trinajstić information content (AvgIpc) is 2.46. The van der Waals surface area contributed by atoms with Crippen LogP contribution in [-0.2, 0) is 9.47 Å². The van der Waals surface area contributed by atoms with E-state index in [-0.39, 0.29) is 0 Å². The van der Waals surface area contributed by atoms with Crippen molar-refractivity contribution < 1.29 is 34.7 Å². The van der Waals surface area contributed by atoms with E-state index in [4.69, 9.17) is 14.6 Å². The lowest BCUT2D eigenvalue weighted by Gasteiger charge is -2.39. The molecule has 128 valence electrons. The number of hydrogen-bond donors (Lipinski definition) is 4. The fourth-order valence-electron chi connectivity index (χ4n) is 2.83. The standard InChI is InChI=1S/C16H22O7/c1-7-4-8(2)11(9(3)5-7)15(21)23-16-14(20)13(19)12(18)10(6-17)22-16/h4-5,10,12-14,16-20H,6H2,1-3H3/t10-,12-,13+,14-,16+/m0/s1. The Kier molecular flexibility index (Phi) is 5.38. The van der Waals surface area contributed by atoms with E-state index in [1.165, 1.54) is 0 Å². The first kappa shape index (κ1) is 17.8. The summed E-state index contributed by atoms with van der Waals surface area (Å²) in [6.07, 6.45) is -7.28. The number of rotatable bonds is 3. The van der Waals surface area contributed by atoms with Crippen molar-refractivity contribution in [3.05, 3.63) is 34.4 Å². The van der Waals surface area contributed by atoms with Crippen LogP contribution in [0.5, 0.6) is 0 Å². The highest BCUT2D eigenvalue weighted by Crippen LogP contribution is 2.24. The molecular weight excluding hydrogens is 304 g/mol. The summed E-state index contributed by atoms with van der Waals surface area (Å²) in [5, 5.41) is 38.5. The largest absolute Gasteiger partial charge is 0.429 e. The van der Waals surface area contributed by atoms with E-state index in [2.05, 4.69) is 0 Å². The van der Waals surface area contributed by atoms with Crippen molar-refractivity contribution in [2.24, 2.45) is 0 Å². The van der Waals surface area contributed by atoms with Crippen molar-refractivity contribution in [1.82, 2.24) is 0 Å². The van der Waals surface area contributed by atoms with Gasteiger partial charge in [0.1, 0.15) is 24.4 Å². The number of hydrogen-bond acceptors (Lipinski definition) is 7. The van der Waals surface area contributed by atoms with E-state index in [0.29, 0.717) is 5.56 Å². The van der Waals surface area contributed by atoms with Gasteiger partial charge in [-0.1, -0.05) is 17.7 Å². The van der Waals surface area contributed by atoms with Crippen LogP contribution in [0.3, 0.4) is 0 Å². The van der Waals surface area contributed by atoms with Gasteiger partial charge in [-0.25, -0.2) is 4.79 Å². The van der Waals surface area contributed by atoms with Gasteiger partial charge in [-0.05, 0) is 31.9 Å². The number of carbonyl (C=O) groups is 1. The maximum Gasteiger partial charge on any atom is 0.341 e. The molecule has 23 heavy (non-hydrogen) atoms. The molecule has 1 fully saturated rings. The number of ether oxygens (including phenoxy) is 2. The third-order valence-corrected chi connectivity index (χ3v) is 3.95. The van der Waals surface area contributed by atoms with Gasteiger partial charge in [-0.3, -0.25) is 0 Å². The van der Waals surface area contributed by atoms with Gasteiger partial charge < -0.3 is 29.9 Å². The van der Waals surface area contributed by atoms with Crippen LogP contribution in [0.1, 0.15) is 27.0 Å². The molecule has 0 unspecified atom stereocenters. The number of carbonyl (C=O) groups excluding carboxylic acids is 1. The third-order valence-electron chi connectivity index (χ3n) is 3.95. The highest BCUT2D eigenvalue weighted by molar-refractivity contribution is 5.92.